The van der Waals surface area contributed by atoms with Crippen LogP contribution in [0.15, 0.2) is 0 Å². The second kappa shape index (κ2) is 12.2. The van der Waals surface area contributed by atoms with Gasteiger partial charge in [-0.3, -0.25) is 4.79 Å². The van der Waals surface area contributed by atoms with Crippen molar-refractivity contribution in [2.75, 3.05) is 0 Å². The predicted molar refractivity (Wildman–Crippen MR) is 106 cm³/mol. The molecule has 0 amide bonds. The van der Waals surface area contributed by atoms with Crippen molar-refractivity contribution in [3.8, 4) is 24.3 Å². The van der Waals surface area contributed by atoms with Crippen LogP contribution >= 0.6 is 0 Å². The molecule has 1 aliphatic carbocycles. The van der Waals surface area contributed by atoms with Gasteiger partial charge < -0.3 is 0 Å². The number of hydrogen-bond acceptors (Lipinski definition) is 5. The van der Waals surface area contributed by atoms with E-state index < -0.39 is 16.7 Å². The summed E-state index contributed by atoms with van der Waals surface area (Å²) in [5, 5.41) is 36.9. The van der Waals surface area contributed by atoms with Gasteiger partial charge in [-0.1, -0.05) is 84.0 Å². The molecular weight excluding hydrogens is 348 g/mol. The third-order valence-electron chi connectivity index (χ3n) is 5.96. The molecule has 150 valence electrons. The molecule has 0 aromatic heterocycles. The maximum Gasteiger partial charge on any atom is 0.188 e. The van der Waals surface area contributed by atoms with Crippen molar-refractivity contribution < 1.29 is 4.79 Å². The second-order valence-electron chi connectivity index (χ2n) is 7.96. The minimum Gasteiger partial charge on any atom is -0.299 e. The number of Topliss-reactive ketones (excluding diaryl/α,β-unsaturated/α-hetero) is 1. The van der Waals surface area contributed by atoms with Crippen LogP contribution in [0.3, 0.4) is 0 Å². The largest absolute Gasteiger partial charge is 0.299 e. The molecule has 0 spiro atoms. The molecule has 0 saturated heterocycles. The summed E-state index contributed by atoms with van der Waals surface area (Å²) in [6.07, 6.45) is 15.9. The average molecular weight is 381 g/mol. The van der Waals surface area contributed by atoms with Gasteiger partial charge in [-0.05, 0) is 6.42 Å². The van der Waals surface area contributed by atoms with Crippen LogP contribution in [0.25, 0.3) is 0 Å². The van der Waals surface area contributed by atoms with E-state index in [0.717, 1.165) is 19.3 Å². The molecule has 1 fully saturated rings. The summed E-state index contributed by atoms with van der Waals surface area (Å²) in [5.41, 5.74) is -3.58. The number of nitrogens with zero attached hydrogens (tertiary/aromatic N) is 4. The molecule has 0 N–H and O–H groups in total. The van der Waals surface area contributed by atoms with Crippen LogP contribution in [0.2, 0.25) is 0 Å². The summed E-state index contributed by atoms with van der Waals surface area (Å²) in [6, 6.07) is 6.99. The number of carbonyl (C=O) groups excluding carboxylic acids is 1. The highest BCUT2D eigenvalue weighted by Crippen LogP contribution is 2.68. The van der Waals surface area contributed by atoms with E-state index in [1.54, 1.807) is 24.3 Å². The van der Waals surface area contributed by atoms with Crippen molar-refractivity contribution in [2.45, 2.75) is 96.8 Å². The minimum atomic E-state index is -1.79. The Labute approximate surface area is 169 Å². The zero-order chi connectivity index (χ0) is 20.9. The van der Waals surface area contributed by atoms with E-state index in [-0.39, 0.29) is 12.2 Å². The average Bonchev–Trinajstić information content (AvgIpc) is 3.34. The van der Waals surface area contributed by atoms with Gasteiger partial charge in [0.25, 0.3) is 0 Å². The molecule has 0 heterocycles. The Morgan fingerprint density at radius 1 is 0.643 bits per heavy atom. The summed E-state index contributed by atoms with van der Waals surface area (Å²) >= 11 is 0. The maximum atomic E-state index is 12.4. The molecule has 0 unspecified atom stereocenters. The van der Waals surface area contributed by atoms with Crippen LogP contribution < -0.4 is 0 Å². The summed E-state index contributed by atoms with van der Waals surface area (Å²) in [7, 11) is 0. The Bertz CT molecular complexity index is 605. The quantitative estimate of drug-likeness (QED) is 0.336. The molecule has 1 rings (SSSR count). The van der Waals surface area contributed by atoms with E-state index in [2.05, 4.69) is 6.92 Å². The lowest BCUT2D eigenvalue weighted by Crippen LogP contribution is -2.08. The summed E-state index contributed by atoms with van der Waals surface area (Å²) in [5.74, 6) is -1.38. The Morgan fingerprint density at radius 2 is 0.964 bits per heavy atom. The molecule has 5 heteroatoms. The first-order valence-corrected chi connectivity index (χ1v) is 10.8. The Kier molecular flexibility index (Phi) is 10.3. The monoisotopic (exact) mass is 380 g/mol. The summed E-state index contributed by atoms with van der Waals surface area (Å²) < 4.78 is 0. The fourth-order valence-electron chi connectivity index (χ4n) is 4.08. The van der Waals surface area contributed by atoms with Gasteiger partial charge in [0.05, 0.1) is 30.2 Å². The number of hydrogen-bond donors (Lipinski definition) is 0. The fraction of sp³-hybridized carbons (Fsp3) is 0.783. The number of carbonyl (C=O) groups is 1. The summed E-state index contributed by atoms with van der Waals surface area (Å²) in [4.78, 5) is 12.4. The maximum absolute atomic E-state index is 12.4. The van der Waals surface area contributed by atoms with Crippen LogP contribution in [0, 0.1) is 62.1 Å². The first-order valence-electron chi connectivity index (χ1n) is 10.8. The smallest absolute Gasteiger partial charge is 0.188 e. The van der Waals surface area contributed by atoms with E-state index >= 15 is 0 Å². The van der Waals surface area contributed by atoms with Crippen molar-refractivity contribution >= 4 is 5.78 Å². The Hall–Kier alpha value is -2.37. The van der Waals surface area contributed by atoms with Gasteiger partial charge in [0.15, 0.2) is 10.8 Å². The first-order chi connectivity index (χ1) is 13.6. The van der Waals surface area contributed by atoms with Gasteiger partial charge in [-0.2, -0.15) is 21.0 Å². The molecule has 5 nitrogen and oxygen atoms in total. The highest BCUT2D eigenvalue weighted by molar-refractivity contribution is 5.90. The van der Waals surface area contributed by atoms with Crippen LogP contribution in [0.4, 0.5) is 0 Å². The van der Waals surface area contributed by atoms with Crippen molar-refractivity contribution in [1.29, 1.82) is 21.0 Å². The zero-order valence-electron chi connectivity index (χ0n) is 17.2. The highest BCUT2D eigenvalue weighted by Gasteiger charge is 2.83. The van der Waals surface area contributed by atoms with Crippen LogP contribution in [0.5, 0.6) is 0 Å². The van der Waals surface area contributed by atoms with Gasteiger partial charge in [-0.25, -0.2) is 0 Å². The second-order valence-corrected chi connectivity index (χ2v) is 7.96. The fourth-order valence-corrected chi connectivity index (χ4v) is 4.08. The molecule has 0 aromatic rings. The molecular formula is C23H32N4O. The van der Waals surface area contributed by atoms with Crippen LogP contribution in [-0.2, 0) is 4.79 Å². The number of nitriles is 4. The van der Waals surface area contributed by atoms with Gasteiger partial charge in [0.2, 0.25) is 0 Å². The molecule has 28 heavy (non-hydrogen) atoms. The molecule has 0 atom stereocenters. The normalized spacial score (nSPS) is 16.3. The SMILES string of the molecule is CCCCCCCCCCCCCCCC(=O)C1C(C#N)(C#N)C1(C#N)C#N. The lowest BCUT2D eigenvalue weighted by atomic mass is 9.98. The molecule has 1 saturated carbocycles. The topological polar surface area (TPSA) is 112 Å². The van der Waals surface area contributed by atoms with Crippen molar-refractivity contribution in [3.63, 3.8) is 0 Å². The number of unbranched alkanes of at least 4 members (excludes halogenated alkanes) is 12. The Balaban J connectivity index is 2.13. The van der Waals surface area contributed by atoms with E-state index in [1.807, 2.05) is 0 Å². The minimum absolute atomic E-state index is 0.235. The number of rotatable bonds is 15. The molecule has 0 aliphatic heterocycles. The first kappa shape index (κ1) is 23.7. The molecule has 0 aromatic carbocycles. The van der Waals surface area contributed by atoms with Gasteiger partial charge >= 0.3 is 0 Å². The lowest BCUT2D eigenvalue weighted by Gasteiger charge is -2.03. The Morgan fingerprint density at radius 3 is 1.29 bits per heavy atom. The van der Waals surface area contributed by atoms with Gasteiger partial charge in [-0.15, -0.1) is 0 Å². The molecule has 0 bridgehead atoms. The van der Waals surface area contributed by atoms with Crippen LogP contribution in [0.1, 0.15) is 96.8 Å². The van der Waals surface area contributed by atoms with Crippen LogP contribution in [-0.4, -0.2) is 5.78 Å². The van der Waals surface area contributed by atoms with E-state index in [1.165, 1.54) is 57.8 Å². The standard InChI is InChI=1S/C23H32N4O/c1-2-3-4-5-6-7-8-9-10-11-12-13-14-15-20(28)21-22(16-24,17-25)23(21,18-26)19-27/h21H,2-15H2,1H3. The molecule has 0 radical (unpaired) electrons. The third-order valence-corrected chi connectivity index (χ3v) is 5.96. The van der Waals surface area contributed by atoms with E-state index in [9.17, 15) is 25.8 Å². The number of ketones is 1. The van der Waals surface area contributed by atoms with Gasteiger partial charge in [0, 0.05) is 6.42 Å². The lowest BCUT2D eigenvalue weighted by molar-refractivity contribution is -0.121. The molecule has 1 aliphatic rings. The summed E-state index contributed by atoms with van der Waals surface area (Å²) in [6.45, 7) is 2.24. The van der Waals surface area contributed by atoms with Crippen molar-refractivity contribution in [2.24, 2.45) is 16.7 Å². The predicted octanol–water partition coefficient (Wildman–Crippen LogP) is 5.73. The third kappa shape index (κ3) is 5.33. The van der Waals surface area contributed by atoms with Crippen molar-refractivity contribution in [3.05, 3.63) is 0 Å². The van der Waals surface area contributed by atoms with Crippen molar-refractivity contribution in [1.82, 2.24) is 0 Å². The van der Waals surface area contributed by atoms with E-state index in [0.29, 0.717) is 6.42 Å². The highest BCUT2D eigenvalue weighted by atomic mass is 16.1. The van der Waals surface area contributed by atoms with Gasteiger partial charge in [0.1, 0.15) is 5.78 Å². The van der Waals surface area contributed by atoms with E-state index in [4.69, 9.17) is 0 Å². The zero-order valence-corrected chi connectivity index (χ0v) is 17.2.